The Kier molecular flexibility index (Phi) is 4.20. The topological polar surface area (TPSA) is 69.6 Å². The second-order valence-electron chi connectivity index (χ2n) is 4.88. The van der Waals surface area contributed by atoms with Crippen LogP contribution >= 0.6 is 0 Å². The molecule has 0 radical (unpaired) electrons. The number of ketones is 1. The molecule has 0 unspecified atom stereocenters. The minimum absolute atomic E-state index is 0.0870. The van der Waals surface area contributed by atoms with E-state index in [2.05, 4.69) is 5.32 Å². The molecule has 0 saturated heterocycles. The average molecular weight is 249 g/mol. The molecule has 4 heteroatoms. The first-order chi connectivity index (χ1) is 8.65. The maximum Gasteiger partial charge on any atom is 0.176 e. The van der Waals surface area contributed by atoms with Gasteiger partial charge in [0.25, 0.3) is 0 Å². The molecule has 0 spiro atoms. The molecule has 2 rings (SSSR count). The van der Waals surface area contributed by atoms with Crippen molar-refractivity contribution in [3.8, 4) is 11.5 Å². The number of nitrogens with one attached hydrogen (secondary N) is 1. The zero-order valence-corrected chi connectivity index (χ0v) is 10.4. The van der Waals surface area contributed by atoms with Crippen LogP contribution in [0.15, 0.2) is 18.2 Å². The van der Waals surface area contributed by atoms with E-state index >= 15 is 0 Å². The Hall–Kier alpha value is -1.55. The van der Waals surface area contributed by atoms with Gasteiger partial charge in [0.2, 0.25) is 0 Å². The van der Waals surface area contributed by atoms with Crippen molar-refractivity contribution in [3.05, 3.63) is 23.8 Å². The SMILES string of the molecule is O=C(CNC1CCCCC1)c1cc(O)cc(O)c1. The number of hydrogen-bond acceptors (Lipinski definition) is 4. The standard InChI is InChI=1S/C14H19NO3/c16-12-6-10(7-13(17)8-12)14(18)9-15-11-4-2-1-3-5-11/h6-8,11,15-17H,1-5,9H2. The lowest BCUT2D eigenvalue weighted by Gasteiger charge is -2.22. The fraction of sp³-hybridized carbons (Fsp3) is 0.500. The van der Waals surface area contributed by atoms with E-state index in [9.17, 15) is 15.0 Å². The van der Waals surface area contributed by atoms with Gasteiger partial charge in [-0.05, 0) is 25.0 Å². The molecular formula is C14H19NO3. The van der Waals surface area contributed by atoms with Gasteiger partial charge in [-0.15, -0.1) is 0 Å². The summed E-state index contributed by atoms with van der Waals surface area (Å²) in [5.74, 6) is -0.279. The average Bonchev–Trinajstić information content (AvgIpc) is 2.36. The Bertz CT molecular complexity index is 405. The quantitative estimate of drug-likeness (QED) is 0.715. The Morgan fingerprint density at radius 2 is 1.72 bits per heavy atom. The zero-order chi connectivity index (χ0) is 13.0. The number of benzene rings is 1. The number of hydrogen-bond donors (Lipinski definition) is 3. The van der Waals surface area contributed by atoms with Gasteiger partial charge in [0, 0.05) is 17.7 Å². The van der Waals surface area contributed by atoms with Gasteiger partial charge in [-0.25, -0.2) is 0 Å². The van der Waals surface area contributed by atoms with E-state index in [-0.39, 0.29) is 23.8 Å². The summed E-state index contributed by atoms with van der Waals surface area (Å²) in [5, 5.41) is 21.9. The first kappa shape index (κ1) is 12.9. The van der Waals surface area contributed by atoms with Gasteiger partial charge >= 0.3 is 0 Å². The van der Waals surface area contributed by atoms with Crippen molar-refractivity contribution in [2.45, 2.75) is 38.1 Å². The highest BCUT2D eigenvalue weighted by atomic mass is 16.3. The van der Waals surface area contributed by atoms with Gasteiger partial charge in [0.05, 0.1) is 6.54 Å². The first-order valence-electron chi connectivity index (χ1n) is 6.45. The molecule has 0 heterocycles. The summed E-state index contributed by atoms with van der Waals surface area (Å²) in [7, 11) is 0. The maximum absolute atomic E-state index is 11.9. The zero-order valence-electron chi connectivity index (χ0n) is 10.4. The third kappa shape index (κ3) is 3.47. The number of rotatable bonds is 4. The number of phenols is 2. The number of phenolic OH excluding ortho intramolecular Hbond substituents is 2. The summed E-state index contributed by atoms with van der Waals surface area (Å²) in [6.07, 6.45) is 5.97. The van der Waals surface area contributed by atoms with E-state index in [1.165, 1.54) is 37.5 Å². The highest BCUT2D eigenvalue weighted by Crippen LogP contribution is 2.21. The predicted octanol–water partition coefficient (Wildman–Crippen LogP) is 2.20. The Morgan fingerprint density at radius 3 is 2.33 bits per heavy atom. The molecule has 1 saturated carbocycles. The second-order valence-corrected chi connectivity index (χ2v) is 4.88. The van der Waals surface area contributed by atoms with Crippen molar-refractivity contribution < 1.29 is 15.0 Å². The van der Waals surface area contributed by atoms with Crippen LogP contribution in [0.4, 0.5) is 0 Å². The van der Waals surface area contributed by atoms with E-state index in [1.807, 2.05) is 0 Å². The van der Waals surface area contributed by atoms with E-state index in [1.54, 1.807) is 0 Å². The predicted molar refractivity (Wildman–Crippen MR) is 69.0 cm³/mol. The van der Waals surface area contributed by atoms with Crippen LogP contribution in [0.25, 0.3) is 0 Å². The van der Waals surface area contributed by atoms with Crippen molar-refractivity contribution in [3.63, 3.8) is 0 Å². The van der Waals surface area contributed by atoms with Crippen LogP contribution in [0.3, 0.4) is 0 Å². The summed E-state index contributed by atoms with van der Waals surface area (Å²) in [4.78, 5) is 11.9. The third-order valence-electron chi connectivity index (χ3n) is 3.38. The van der Waals surface area contributed by atoms with Crippen molar-refractivity contribution in [1.82, 2.24) is 5.32 Å². The summed E-state index contributed by atoms with van der Waals surface area (Å²) in [6.45, 7) is 0.258. The maximum atomic E-state index is 11.9. The van der Waals surface area contributed by atoms with E-state index in [0.717, 1.165) is 12.8 Å². The van der Waals surface area contributed by atoms with Gasteiger partial charge in [-0.2, -0.15) is 0 Å². The van der Waals surface area contributed by atoms with E-state index in [0.29, 0.717) is 11.6 Å². The fourth-order valence-corrected chi connectivity index (χ4v) is 2.40. The molecular weight excluding hydrogens is 230 g/mol. The molecule has 18 heavy (non-hydrogen) atoms. The van der Waals surface area contributed by atoms with Gasteiger partial charge in [-0.3, -0.25) is 4.79 Å². The number of Topliss-reactive ketones (excluding diaryl/α,β-unsaturated/α-hetero) is 1. The molecule has 3 N–H and O–H groups in total. The van der Waals surface area contributed by atoms with Gasteiger partial charge in [0.1, 0.15) is 11.5 Å². The molecule has 0 aliphatic heterocycles. The highest BCUT2D eigenvalue weighted by Gasteiger charge is 2.15. The Labute approximate surface area is 107 Å². The second kappa shape index (κ2) is 5.87. The minimum atomic E-state index is -0.105. The van der Waals surface area contributed by atoms with Crippen molar-refractivity contribution in [2.75, 3.05) is 6.54 Å². The van der Waals surface area contributed by atoms with E-state index in [4.69, 9.17) is 0 Å². The minimum Gasteiger partial charge on any atom is -0.508 e. The molecule has 98 valence electrons. The largest absolute Gasteiger partial charge is 0.508 e. The number of carbonyl (C=O) groups is 1. The smallest absolute Gasteiger partial charge is 0.176 e. The lowest BCUT2D eigenvalue weighted by atomic mass is 9.95. The van der Waals surface area contributed by atoms with Crippen molar-refractivity contribution in [1.29, 1.82) is 0 Å². The van der Waals surface area contributed by atoms with Crippen LogP contribution in [-0.2, 0) is 0 Å². The fourth-order valence-electron chi connectivity index (χ4n) is 2.40. The molecule has 1 aromatic carbocycles. The molecule has 0 atom stereocenters. The van der Waals surface area contributed by atoms with Gasteiger partial charge in [-0.1, -0.05) is 19.3 Å². The highest BCUT2D eigenvalue weighted by molar-refractivity contribution is 5.98. The summed E-state index contributed by atoms with van der Waals surface area (Å²) in [6, 6.07) is 4.40. The van der Waals surface area contributed by atoms with Crippen molar-refractivity contribution in [2.24, 2.45) is 0 Å². The molecule has 1 aliphatic rings. The molecule has 1 fully saturated rings. The van der Waals surface area contributed by atoms with Gasteiger partial charge < -0.3 is 15.5 Å². The van der Waals surface area contributed by atoms with Crippen LogP contribution < -0.4 is 5.32 Å². The van der Waals surface area contributed by atoms with Crippen LogP contribution in [-0.4, -0.2) is 28.6 Å². The number of aromatic hydroxyl groups is 2. The van der Waals surface area contributed by atoms with Crippen LogP contribution in [0.2, 0.25) is 0 Å². The Morgan fingerprint density at radius 1 is 1.11 bits per heavy atom. The first-order valence-corrected chi connectivity index (χ1v) is 6.45. The summed E-state index contributed by atoms with van der Waals surface area (Å²) in [5.41, 5.74) is 0.343. The van der Waals surface area contributed by atoms with Crippen LogP contribution in [0.1, 0.15) is 42.5 Å². The molecule has 0 amide bonds. The Balaban J connectivity index is 1.90. The van der Waals surface area contributed by atoms with Crippen LogP contribution in [0, 0.1) is 0 Å². The number of carbonyl (C=O) groups excluding carboxylic acids is 1. The van der Waals surface area contributed by atoms with Crippen LogP contribution in [0.5, 0.6) is 11.5 Å². The van der Waals surface area contributed by atoms with Crippen molar-refractivity contribution >= 4 is 5.78 Å². The normalized spacial score (nSPS) is 16.7. The summed E-state index contributed by atoms with van der Waals surface area (Å²) >= 11 is 0. The molecule has 1 aliphatic carbocycles. The molecule has 4 nitrogen and oxygen atoms in total. The molecule has 0 aromatic heterocycles. The monoisotopic (exact) mass is 249 g/mol. The molecule has 0 bridgehead atoms. The third-order valence-corrected chi connectivity index (χ3v) is 3.38. The van der Waals surface area contributed by atoms with Gasteiger partial charge in [0.15, 0.2) is 5.78 Å². The molecule has 1 aromatic rings. The summed E-state index contributed by atoms with van der Waals surface area (Å²) < 4.78 is 0. The lowest BCUT2D eigenvalue weighted by molar-refractivity contribution is 0.0984. The van der Waals surface area contributed by atoms with E-state index < -0.39 is 0 Å². The lowest BCUT2D eigenvalue weighted by Crippen LogP contribution is -2.35.